The summed E-state index contributed by atoms with van der Waals surface area (Å²) in [4.78, 5) is 0. The number of phenolic OH excluding ortho intramolecular Hbond substituents is 1. The lowest BCUT2D eigenvalue weighted by Crippen LogP contribution is -2.42. The lowest BCUT2D eigenvalue weighted by Gasteiger charge is -2.28. The number of fused-ring (bicyclic) bond motifs is 1. The Morgan fingerprint density at radius 3 is 2.52 bits per heavy atom. The van der Waals surface area contributed by atoms with Crippen molar-refractivity contribution in [1.82, 2.24) is 5.32 Å². The second-order valence-corrected chi connectivity index (χ2v) is 7.96. The van der Waals surface area contributed by atoms with E-state index in [1.165, 1.54) is 16.3 Å². The standard InChI is InChI=1S/C24H29NO2/c1-17-15-20(26)11-12-21(17)23(27)16-25-24(2,3)14-13-19-9-6-8-18-7-4-5-10-22(18)19/h4-12,15,23,25-27H,13-14,16H2,1-3H3. The Balaban J connectivity index is 1.61. The first-order valence-corrected chi connectivity index (χ1v) is 9.55. The van der Waals surface area contributed by atoms with Gasteiger partial charge in [-0.2, -0.15) is 0 Å². The van der Waals surface area contributed by atoms with Gasteiger partial charge in [0.1, 0.15) is 5.75 Å². The number of aryl methyl sites for hydroxylation is 2. The second kappa shape index (κ2) is 8.12. The highest BCUT2D eigenvalue weighted by atomic mass is 16.3. The molecule has 3 aromatic rings. The quantitative estimate of drug-likeness (QED) is 0.560. The highest BCUT2D eigenvalue weighted by molar-refractivity contribution is 5.85. The smallest absolute Gasteiger partial charge is 0.115 e. The third kappa shape index (κ3) is 4.88. The SMILES string of the molecule is Cc1cc(O)ccc1C(O)CNC(C)(C)CCc1cccc2ccccc12. The molecule has 0 fully saturated rings. The lowest BCUT2D eigenvalue weighted by molar-refractivity contribution is 0.158. The predicted molar refractivity (Wildman–Crippen MR) is 112 cm³/mol. The summed E-state index contributed by atoms with van der Waals surface area (Å²) in [6.07, 6.45) is 1.36. The van der Waals surface area contributed by atoms with Crippen molar-refractivity contribution in [3.8, 4) is 5.75 Å². The average molecular weight is 364 g/mol. The van der Waals surface area contributed by atoms with Gasteiger partial charge in [-0.25, -0.2) is 0 Å². The van der Waals surface area contributed by atoms with Gasteiger partial charge < -0.3 is 15.5 Å². The van der Waals surface area contributed by atoms with Crippen molar-refractivity contribution in [2.75, 3.05) is 6.54 Å². The van der Waals surface area contributed by atoms with E-state index in [9.17, 15) is 10.2 Å². The number of aromatic hydroxyl groups is 1. The first-order valence-electron chi connectivity index (χ1n) is 9.55. The van der Waals surface area contributed by atoms with Crippen LogP contribution in [0.1, 0.15) is 43.1 Å². The number of benzene rings is 3. The molecule has 3 N–H and O–H groups in total. The largest absolute Gasteiger partial charge is 0.508 e. The van der Waals surface area contributed by atoms with Gasteiger partial charge in [0, 0.05) is 12.1 Å². The number of hydrogen-bond acceptors (Lipinski definition) is 3. The summed E-state index contributed by atoms with van der Waals surface area (Å²) in [6, 6.07) is 20.1. The van der Waals surface area contributed by atoms with Crippen LogP contribution in [0.5, 0.6) is 5.75 Å². The Kier molecular flexibility index (Phi) is 5.83. The van der Waals surface area contributed by atoms with Crippen molar-refractivity contribution in [2.24, 2.45) is 0 Å². The molecule has 0 amide bonds. The van der Waals surface area contributed by atoms with Crippen LogP contribution in [0.15, 0.2) is 60.7 Å². The maximum absolute atomic E-state index is 10.5. The van der Waals surface area contributed by atoms with E-state index in [0.717, 1.165) is 24.0 Å². The lowest BCUT2D eigenvalue weighted by atomic mass is 9.92. The minimum Gasteiger partial charge on any atom is -0.508 e. The maximum atomic E-state index is 10.5. The molecule has 142 valence electrons. The minimum absolute atomic E-state index is 0.0945. The monoisotopic (exact) mass is 363 g/mol. The zero-order chi connectivity index (χ0) is 19.4. The molecule has 0 spiro atoms. The molecule has 0 heterocycles. The van der Waals surface area contributed by atoms with E-state index in [1.807, 2.05) is 6.92 Å². The van der Waals surface area contributed by atoms with Crippen LogP contribution in [-0.4, -0.2) is 22.3 Å². The van der Waals surface area contributed by atoms with Gasteiger partial charge in [-0.3, -0.25) is 0 Å². The molecule has 0 radical (unpaired) electrons. The summed E-state index contributed by atoms with van der Waals surface area (Å²) in [5.74, 6) is 0.229. The van der Waals surface area contributed by atoms with E-state index in [1.54, 1.807) is 18.2 Å². The highest BCUT2D eigenvalue weighted by Crippen LogP contribution is 2.24. The van der Waals surface area contributed by atoms with Gasteiger partial charge in [0.15, 0.2) is 0 Å². The number of aliphatic hydroxyl groups excluding tert-OH is 1. The molecule has 3 heteroatoms. The molecule has 3 nitrogen and oxygen atoms in total. The van der Waals surface area contributed by atoms with E-state index in [-0.39, 0.29) is 11.3 Å². The summed E-state index contributed by atoms with van der Waals surface area (Å²) >= 11 is 0. The van der Waals surface area contributed by atoms with Crippen molar-refractivity contribution in [3.63, 3.8) is 0 Å². The predicted octanol–water partition coefficient (Wildman–Crippen LogP) is 4.89. The average Bonchev–Trinajstić information content (AvgIpc) is 2.64. The van der Waals surface area contributed by atoms with Crippen LogP contribution < -0.4 is 5.32 Å². The van der Waals surface area contributed by atoms with Gasteiger partial charge in [0.05, 0.1) is 6.10 Å². The Labute approximate surface area is 161 Å². The van der Waals surface area contributed by atoms with Crippen molar-refractivity contribution in [3.05, 3.63) is 77.4 Å². The van der Waals surface area contributed by atoms with Crippen LogP contribution >= 0.6 is 0 Å². The van der Waals surface area contributed by atoms with E-state index in [4.69, 9.17) is 0 Å². The molecule has 3 aromatic carbocycles. The Morgan fingerprint density at radius 2 is 1.74 bits per heavy atom. The number of phenols is 1. The molecule has 27 heavy (non-hydrogen) atoms. The Bertz CT molecular complexity index is 912. The minimum atomic E-state index is -0.595. The van der Waals surface area contributed by atoms with Gasteiger partial charge in [0.25, 0.3) is 0 Å². The molecule has 0 aliphatic carbocycles. The Morgan fingerprint density at radius 1 is 1.00 bits per heavy atom. The van der Waals surface area contributed by atoms with Crippen LogP contribution in [0.2, 0.25) is 0 Å². The van der Waals surface area contributed by atoms with Gasteiger partial charge >= 0.3 is 0 Å². The van der Waals surface area contributed by atoms with E-state index < -0.39 is 6.10 Å². The van der Waals surface area contributed by atoms with Crippen LogP contribution in [0, 0.1) is 6.92 Å². The van der Waals surface area contributed by atoms with Crippen LogP contribution in [0.3, 0.4) is 0 Å². The molecule has 0 aliphatic heterocycles. The Hall–Kier alpha value is -2.36. The summed E-state index contributed by atoms with van der Waals surface area (Å²) in [5, 5.41) is 26.2. The van der Waals surface area contributed by atoms with Gasteiger partial charge in [-0.15, -0.1) is 0 Å². The number of nitrogens with one attached hydrogen (secondary N) is 1. The second-order valence-electron chi connectivity index (χ2n) is 7.96. The summed E-state index contributed by atoms with van der Waals surface area (Å²) in [6.45, 7) is 6.74. The van der Waals surface area contributed by atoms with E-state index in [0.29, 0.717) is 6.54 Å². The van der Waals surface area contributed by atoms with Crippen molar-refractivity contribution in [1.29, 1.82) is 0 Å². The molecule has 0 bridgehead atoms. The number of β-amino-alcohol motifs (C(OH)–C–C–N with tert-alkyl or cyclic N) is 1. The topological polar surface area (TPSA) is 52.5 Å². The maximum Gasteiger partial charge on any atom is 0.115 e. The van der Waals surface area contributed by atoms with E-state index in [2.05, 4.69) is 61.6 Å². The fourth-order valence-corrected chi connectivity index (χ4v) is 3.56. The fraction of sp³-hybridized carbons (Fsp3) is 0.333. The number of rotatable bonds is 7. The molecule has 0 aliphatic rings. The zero-order valence-corrected chi connectivity index (χ0v) is 16.4. The summed E-state index contributed by atoms with van der Waals surface area (Å²) in [5.41, 5.74) is 3.02. The number of hydrogen-bond donors (Lipinski definition) is 3. The number of aliphatic hydroxyl groups is 1. The summed E-state index contributed by atoms with van der Waals surface area (Å²) in [7, 11) is 0. The third-order valence-electron chi connectivity index (χ3n) is 5.29. The highest BCUT2D eigenvalue weighted by Gasteiger charge is 2.20. The molecule has 0 saturated heterocycles. The van der Waals surface area contributed by atoms with Crippen molar-refractivity contribution in [2.45, 2.75) is 45.3 Å². The normalized spacial score (nSPS) is 13.0. The third-order valence-corrected chi connectivity index (χ3v) is 5.29. The van der Waals surface area contributed by atoms with Crippen molar-refractivity contribution < 1.29 is 10.2 Å². The van der Waals surface area contributed by atoms with Crippen LogP contribution in [0.25, 0.3) is 10.8 Å². The van der Waals surface area contributed by atoms with Crippen molar-refractivity contribution >= 4 is 10.8 Å². The van der Waals surface area contributed by atoms with Gasteiger partial charge in [0.2, 0.25) is 0 Å². The molecular weight excluding hydrogens is 334 g/mol. The van der Waals surface area contributed by atoms with Crippen LogP contribution in [0.4, 0.5) is 0 Å². The molecular formula is C24H29NO2. The molecule has 3 rings (SSSR count). The van der Waals surface area contributed by atoms with Crippen LogP contribution in [-0.2, 0) is 6.42 Å². The van der Waals surface area contributed by atoms with E-state index >= 15 is 0 Å². The first-order chi connectivity index (χ1) is 12.9. The fourth-order valence-electron chi connectivity index (χ4n) is 3.56. The molecule has 0 saturated carbocycles. The van der Waals surface area contributed by atoms with Gasteiger partial charge in [-0.05, 0) is 73.2 Å². The first kappa shape index (κ1) is 19.4. The summed E-state index contributed by atoms with van der Waals surface area (Å²) < 4.78 is 0. The molecule has 1 unspecified atom stereocenters. The molecule has 1 atom stereocenters. The molecule has 0 aromatic heterocycles. The van der Waals surface area contributed by atoms with Gasteiger partial charge in [-0.1, -0.05) is 48.5 Å². The zero-order valence-electron chi connectivity index (χ0n) is 16.4.